The molecule has 0 radical (unpaired) electrons. The van der Waals surface area contributed by atoms with Crippen LogP contribution in [0.3, 0.4) is 0 Å². The van der Waals surface area contributed by atoms with Crippen LogP contribution in [0, 0.1) is 12.8 Å². The molecule has 0 atom stereocenters. The van der Waals surface area contributed by atoms with Gasteiger partial charge in [-0.05, 0) is 192 Å². The van der Waals surface area contributed by atoms with Gasteiger partial charge in [0, 0.05) is 55.6 Å². The molecule has 0 unspecified atom stereocenters. The minimum Gasteiger partial charge on any atom is -0.497 e. The Morgan fingerprint density at radius 3 is 1.75 bits per heavy atom. The molecule has 1 fully saturated rings. The van der Waals surface area contributed by atoms with Crippen LogP contribution >= 0.6 is 0 Å². The lowest BCUT2D eigenvalue weighted by Crippen LogP contribution is -2.35. The number of aryl methyl sites for hydroxylation is 1. The number of alkyl halides is 6. The molecular formula is C71H66F6N2O6. The zero-order valence-corrected chi connectivity index (χ0v) is 48.5. The van der Waals surface area contributed by atoms with E-state index in [2.05, 4.69) is 29.7 Å². The zero-order valence-electron chi connectivity index (χ0n) is 48.5. The maximum absolute atomic E-state index is 15.4. The number of unbranched alkanes of at least 4 members (excludes halogenated alkanes) is 2. The first-order valence-electron chi connectivity index (χ1n) is 28.8. The van der Waals surface area contributed by atoms with Crippen LogP contribution in [0.15, 0.2) is 146 Å². The van der Waals surface area contributed by atoms with Gasteiger partial charge in [0.1, 0.15) is 23.0 Å². The van der Waals surface area contributed by atoms with Gasteiger partial charge in [0.25, 0.3) is 11.8 Å². The van der Waals surface area contributed by atoms with Crippen molar-refractivity contribution in [3.05, 3.63) is 207 Å². The van der Waals surface area contributed by atoms with E-state index in [-0.39, 0.29) is 34.4 Å². The summed E-state index contributed by atoms with van der Waals surface area (Å²) in [5, 5.41) is 6.60. The average Bonchev–Trinajstić information content (AvgIpc) is 1.59. The summed E-state index contributed by atoms with van der Waals surface area (Å²) in [6.07, 6.45) is 3.36. The van der Waals surface area contributed by atoms with Crippen molar-refractivity contribution < 1.29 is 54.9 Å². The Bertz CT molecular complexity index is 3830. The molecule has 1 saturated carbocycles. The first-order chi connectivity index (χ1) is 40.6. The molecule has 0 aromatic heterocycles. The summed E-state index contributed by atoms with van der Waals surface area (Å²) in [5.74, 6) is 2.44. The number of rotatable bonds is 15. The van der Waals surface area contributed by atoms with Crippen LogP contribution in [-0.4, -0.2) is 33.1 Å². The number of benzene rings is 8. The standard InChI is InChI=1S/C71H66F6N2O6/c1-8-9-10-11-42-12-14-43(15-13-42)44-16-18-45(19-17-44)66(80)78-50-26-20-46(21-27-50)67(81)79-51-28-33-54(41(2)36-51)56-39-57-58(40-61(56)84-7)65-55(64-62(57)59-37-49(70(72,73)74)38-60(71(75,76)77)63(59)68(64,3)4)34-35-69(85-65,47-22-29-52(82-5)30-23-47)48-24-31-53(83-6)32-25-48/h16-40,42-43H,8-15H2,1-7H3,(H,78,80)(H,79,81)/t42-,43-. The lowest BCUT2D eigenvalue weighted by Gasteiger charge is -2.38. The highest BCUT2D eigenvalue weighted by atomic mass is 19.4. The molecule has 1 aliphatic heterocycles. The van der Waals surface area contributed by atoms with E-state index >= 15 is 13.2 Å². The molecule has 0 bridgehead atoms. The van der Waals surface area contributed by atoms with Crippen molar-refractivity contribution in [3.8, 4) is 45.3 Å². The average molecular weight is 1160 g/mol. The highest BCUT2D eigenvalue weighted by Gasteiger charge is 2.50. The highest BCUT2D eigenvalue weighted by molar-refractivity contribution is 6.11. The molecule has 0 spiro atoms. The molecule has 2 N–H and O–H groups in total. The van der Waals surface area contributed by atoms with E-state index in [9.17, 15) is 22.8 Å². The van der Waals surface area contributed by atoms with Gasteiger partial charge in [-0.1, -0.05) is 95.0 Å². The van der Waals surface area contributed by atoms with Crippen molar-refractivity contribution in [1.29, 1.82) is 0 Å². The van der Waals surface area contributed by atoms with E-state index in [1.165, 1.54) is 64.0 Å². The molecule has 1 heterocycles. The van der Waals surface area contributed by atoms with E-state index in [4.69, 9.17) is 18.9 Å². The van der Waals surface area contributed by atoms with E-state index < -0.39 is 40.4 Å². The molecule has 14 heteroatoms. The van der Waals surface area contributed by atoms with Gasteiger partial charge in [-0.15, -0.1) is 0 Å². The summed E-state index contributed by atoms with van der Waals surface area (Å²) in [6, 6.07) is 38.8. The third-order valence-corrected chi connectivity index (χ3v) is 17.6. The normalized spacial score (nSPS) is 16.6. The Hall–Kier alpha value is -8.52. The lowest BCUT2D eigenvalue weighted by atomic mass is 9.75. The number of carbonyl (C=O) groups is 2. The molecule has 2 aliphatic carbocycles. The smallest absolute Gasteiger partial charge is 0.416 e. The number of amides is 2. The van der Waals surface area contributed by atoms with Crippen LogP contribution < -0.4 is 29.6 Å². The molecule has 2 amide bonds. The monoisotopic (exact) mass is 1160 g/mol. The van der Waals surface area contributed by atoms with Crippen molar-refractivity contribution in [2.24, 2.45) is 5.92 Å². The van der Waals surface area contributed by atoms with Crippen molar-refractivity contribution in [1.82, 2.24) is 0 Å². The van der Waals surface area contributed by atoms with E-state index in [0.29, 0.717) is 95.4 Å². The number of hydrogen-bond acceptors (Lipinski definition) is 6. The van der Waals surface area contributed by atoms with E-state index in [1.807, 2.05) is 49.4 Å². The van der Waals surface area contributed by atoms with E-state index in [0.717, 1.165) is 12.0 Å². The van der Waals surface area contributed by atoms with Crippen molar-refractivity contribution in [2.45, 2.75) is 108 Å². The first-order valence-corrected chi connectivity index (χ1v) is 28.8. The van der Waals surface area contributed by atoms with Crippen LogP contribution in [0.4, 0.5) is 37.7 Å². The van der Waals surface area contributed by atoms with Gasteiger partial charge in [-0.2, -0.15) is 26.3 Å². The van der Waals surface area contributed by atoms with Crippen LogP contribution in [-0.2, 0) is 23.4 Å². The Morgan fingerprint density at radius 1 is 0.612 bits per heavy atom. The number of anilines is 2. The topological polar surface area (TPSA) is 95.1 Å². The number of nitrogens with one attached hydrogen (secondary N) is 2. The molecular weight excluding hydrogens is 1090 g/mol. The van der Waals surface area contributed by atoms with Crippen LogP contribution in [0.2, 0.25) is 0 Å². The van der Waals surface area contributed by atoms with Gasteiger partial charge in [0.15, 0.2) is 5.60 Å². The van der Waals surface area contributed by atoms with Gasteiger partial charge in [0.2, 0.25) is 0 Å². The fourth-order valence-electron chi connectivity index (χ4n) is 13.2. The van der Waals surface area contributed by atoms with Crippen LogP contribution in [0.1, 0.15) is 149 Å². The Labute approximate surface area is 491 Å². The number of ether oxygens (including phenoxy) is 4. The molecule has 8 aromatic carbocycles. The zero-order chi connectivity index (χ0) is 60.2. The van der Waals surface area contributed by atoms with E-state index in [1.54, 1.807) is 113 Å². The summed E-state index contributed by atoms with van der Waals surface area (Å²) < 4.78 is 115. The predicted octanol–water partition coefficient (Wildman–Crippen LogP) is 18.9. The number of halogens is 6. The summed E-state index contributed by atoms with van der Waals surface area (Å²) in [6.45, 7) is 7.27. The summed E-state index contributed by atoms with van der Waals surface area (Å²) >= 11 is 0. The number of fused-ring (bicyclic) bond motifs is 8. The second-order valence-electron chi connectivity index (χ2n) is 23.1. The number of hydrogen-bond donors (Lipinski definition) is 2. The van der Waals surface area contributed by atoms with Gasteiger partial charge in [-0.3, -0.25) is 9.59 Å². The predicted molar refractivity (Wildman–Crippen MR) is 322 cm³/mol. The second-order valence-corrected chi connectivity index (χ2v) is 23.1. The first kappa shape index (κ1) is 58.3. The highest BCUT2D eigenvalue weighted by Crippen LogP contribution is 2.62. The number of carbonyl (C=O) groups excluding carboxylic acids is 2. The largest absolute Gasteiger partial charge is 0.497 e. The summed E-state index contributed by atoms with van der Waals surface area (Å²) in [4.78, 5) is 27.1. The minimum absolute atomic E-state index is 0.197. The molecule has 8 aromatic rings. The van der Waals surface area contributed by atoms with Crippen molar-refractivity contribution in [2.75, 3.05) is 32.0 Å². The SMILES string of the molecule is CCCCC[C@H]1CC[C@H](c2ccc(C(=O)Nc3ccc(C(=O)Nc4ccc(-c5cc6c7c(c8c(c6cc5OC)OC(c5ccc(OC)cc5)(c5ccc(OC)cc5)C=C8)C(C)(C)c5c-7cc(C(F)(F)F)cc5C(F)(F)F)c(C)c4)cc3)cc2)CC1. The second kappa shape index (κ2) is 22.8. The third kappa shape index (κ3) is 11.0. The molecule has 0 saturated heterocycles. The fraction of sp³-hybridized carbons (Fsp3) is 0.296. The molecule has 11 rings (SSSR count). The fourth-order valence-corrected chi connectivity index (χ4v) is 13.2. The molecule has 8 nitrogen and oxygen atoms in total. The van der Waals surface area contributed by atoms with Gasteiger partial charge < -0.3 is 29.6 Å². The summed E-state index contributed by atoms with van der Waals surface area (Å²) in [7, 11) is 4.58. The molecule has 85 heavy (non-hydrogen) atoms. The third-order valence-electron chi connectivity index (χ3n) is 17.6. The van der Waals surface area contributed by atoms with Crippen LogP contribution in [0.5, 0.6) is 23.0 Å². The van der Waals surface area contributed by atoms with Crippen molar-refractivity contribution >= 4 is 40.0 Å². The maximum Gasteiger partial charge on any atom is 0.416 e. The number of methoxy groups -OCH3 is 3. The lowest BCUT2D eigenvalue weighted by molar-refractivity contribution is -0.143. The molecule has 438 valence electrons. The van der Waals surface area contributed by atoms with Gasteiger partial charge in [0.05, 0.1) is 32.5 Å². The van der Waals surface area contributed by atoms with Crippen molar-refractivity contribution in [3.63, 3.8) is 0 Å². The Kier molecular flexibility index (Phi) is 15.6. The Balaban J connectivity index is 0.927. The minimum atomic E-state index is -5.16. The van der Waals surface area contributed by atoms with Gasteiger partial charge >= 0.3 is 12.4 Å². The Morgan fingerprint density at radius 2 is 1.20 bits per heavy atom. The summed E-state index contributed by atoms with van der Waals surface area (Å²) in [5.41, 5.74) is 1.00. The van der Waals surface area contributed by atoms with Crippen LogP contribution in [0.25, 0.3) is 39.1 Å². The maximum atomic E-state index is 15.4. The quantitative estimate of drug-likeness (QED) is 0.0784. The molecule has 3 aliphatic rings. The van der Waals surface area contributed by atoms with Gasteiger partial charge in [-0.25, -0.2) is 0 Å².